The first-order valence-electron chi connectivity index (χ1n) is 4.84. The zero-order chi connectivity index (χ0) is 10.6. The average molecular weight is 195 g/mol. The lowest BCUT2D eigenvalue weighted by Gasteiger charge is -2.12. The van der Waals surface area contributed by atoms with E-state index in [1.165, 1.54) is 0 Å². The Kier molecular flexibility index (Phi) is 3.83. The fourth-order valence-electron chi connectivity index (χ4n) is 1.15. The maximum absolute atomic E-state index is 9.13. The molecule has 4 nitrogen and oxygen atoms in total. The lowest BCUT2D eigenvalue weighted by atomic mass is 10.1. The maximum atomic E-state index is 9.13. The van der Waals surface area contributed by atoms with Crippen LogP contribution < -0.4 is 5.32 Å². The molecule has 0 spiro atoms. The lowest BCUT2D eigenvalue weighted by Crippen LogP contribution is -2.17. The van der Waals surface area contributed by atoms with Gasteiger partial charge in [-0.25, -0.2) is 4.98 Å². The normalized spacial score (nSPS) is 12.9. The van der Waals surface area contributed by atoms with Crippen molar-refractivity contribution in [1.82, 2.24) is 9.97 Å². The van der Waals surface area contributed by atoms with E-state index < -0.39 is 0 Å². The molecule has 0 aliphatic heterocycles. The van der Waals surface area contributed by atoms with E-state index in [1.807, 2.05) is 0 Å². The van der Waals surface area contributed by atoms with E-state index in [9.17, 15) is 0 Å². The summed E-state index contributed by atoms with van der Waals surface area (Å²) in [6, 6.07) is 0. The lowest BCUT2D eigenvalue weighted by molar-refractivity contribution is 0.208. The number of nitrogens with zero attached hydrogens (tertiary/aromatic N) is 2. The van der Waals surface area contributed by atoms with Gasteiger partial charge in [0.2, 0.25) is 0 Å². The standard InChI is InChI=1S/C10H17N3O/c1-7(2)9-10(12-5-4-11-9)13-6-8(3)14/h4-5,7-8,14H,6H2,1-3H3,(H,12,13). The van der Waals surface area contributed by atoms with Crippen molar-refractivity contribution in [1.29, 1.82) is 0 Å². The molecule has 1 unspecified atom stereocenters. The molecule has 1 rings (SSSR count). The van der Waals surface area contributed by atoms with Crippen molar-refractivity contribution in [2.45, 2.75) is 32.8 Å². The fourth-order valence-corrected chi connectivity index (χ4v) is 1.15. The van der Waals surface area contributed by atoms with Gasteiger partial charge in [-0.2, -0.15) is 0 Å². The number of rotatable bonds is 4. The van der Waals surface area contributed by atoms with Crippen LogP contribution in [-0.4, -0.2) is 27.7 Å². The van der Waals surface area contributed by atoms with Crippen LogP contribution in [0.1, 0.15) is 32.4 Å². The van der Waals surface area contributed by atoms with E-state index in [4.69, 9.17) is 5.11 Å². The van der Waals surface area contributed by atoms with E-state index in [2.05, 4.69) is 29.1 Å². The van der Waals surface area contributed by atoms with Crippen molar-refractivity contribution in [2.75, 3.05) is 11.9 Å². The summed E-state index contributed by atoms with van der Waals surface area (Å²) in [5, 5.41) is 12.2. The Hall–Kier alpha value is -1.16. The van der Waals surface area contributed by atoms with Gasteiger partial charge in [0.15, 0.2) is 0 Å². The van der Waals surface area contributed by atoms with Gasteiger partial charge >= 0.3 is 0 Å². The first-order chi connectivity index (χ1) is 6.61. The first kappa shape index (κ1) is 10.9. The molecule has 1 aromatic heterocycles. The largest absolute Gasteiger partial charge is 0.392 e. The van der Waals surface area contributed by atoms with Crippen LogP contribution in [0, 0.1) is 0 Å². The van der Waals surface area contributed by atoms with Crippen LogP contribution in [-0.2, 0) is 0 Å². The number of aliphatic hydroxyl groups is 1. The van der Waals surface area contributed by atoms with Crippen LogP contribution in [0.2, 0.25) is 0 Å². The van der Waals surface area contributed by atoms with E-state index in [-0.39, 0.29) is 6.10 Å². The highest BCUT2D eigenvalue weighted by atomic mass is 16.3. The smallest absolute Gasteiger partial charge is 0.148 e. The molecule has 0 saturated carbocycles. The maximum Gasteiger partial charge on any atom is 0.148 e. The van der Waals surface area contributed by atoms with Gasteiger partial charge in [0.1, 0.15) is 5.82 Å². The van der Waals surface area contributed by atoms with Crippen LogP contribution >= 0.6 is 0 Å². The van der Waals surface area contributed by atoms with Gasteiger partial charge in [-0.3, -0.25) is 4.98 Å². The molecule has 0 bridgehead atoms. The van der Waals surface area contributed by atoms with Crippen molar-refractivity contribution in [2.24, 2.45) is 0 Å². The third-order valence-electron chi connectivity index (χ3n) is 1.84. The zero-order valence-corrected chi connectivity index (χ0v) is 8.86. The molecule has 1 heterocycles. The Bertz CT molecular complexity index is 286. The van der Waals surface area contributed by atoms with Crippen LogP contribution in [0.5, 0.6) is 0 Å². The monoisotopic (exact) mass is 195 g/mol. The summed E-state index contributed by atoms with van der Waals surface area (Å²) in [4.78, 5) is 8.44. The molecule has 0 aromatic carbocycles. The SMILES string of the molecule is CC(O)CNc1nccnc1C(C)C. The van der Waals surface area contributed by atoms with E-state index in [0.29, 0.717) is 12.5 Å². The Morgan fingerprint density at radius 2 is 1.93 bits per heavy atom. The highest BCUT2D eigenvalue weighted by molar-refractivity contribution is 5.41. The Balaban J connectivity index is 2.74. The molecule has 1 atom stereocenters. The van der Waals surface area contributed by atoms with Crippen molar-refractivity contribution in [3.05, 3.63) is 18.1 Å². The summed E-state index contributed by atoms with van der Waals surface area (Å²) in [5.74, 6) is 1.10. The second-order valence-electron chi connectivity index (χ2n) is 3.67. The molecular formula is C10H17N3O. The Morgan fingerprint density at radius 1 is 1.29 bits per heavy atom. The quantitative estimate of drug-likeness (QED) is 0.762. The van der Waals surface area contributed by atoms with Gasteiger partial charge < -0.3 is 10.4 Å². The molecule has 0 radical (unpaired) electrons. The molecular weight excluding hydrogens is 178 g/mol. The van der Waals surface area contributed by atoms with Gasteiger partial charge in [-0.1, -0.05) is 13.8 Å². The number of aromatic nitrogens is 2. The second-order valence-corrected chi connectivity index (χ2v) is 3.67. The molecule has 0 amide bonds. The third-order valence-corrected chi connectivity index (χ3v) is 1.84. The molecule has 0 aliphatic rings. The van der Waals surface area contributed by atoms with Gasteiger partial charge in [-0.15, -0.1) is 0 Å². The minimum absolute atomic E-state index is 0.334. The zero-order valence-electron chi connectivity index (χ0n) is 8.86. The summed E-state index contributed by atoms with van der Waals surface area (Å²) in [6.07, 6.45) is 2.95. The summed E-state index contributed by atoms with van der Waals surface area (Å²) < 4.78 is 0. The van der Waals surface area contributed by atoms with Crippen LogP contribution in [0.15, 0.2) is 12.4 Å². The number of aliphatic hydroxyl groups excluding tert-OH is 1. The van der Waals surface area contributed by atoms with Crippen molar-refractivity contribution in [3.8, 4) is 0 Å². The molecule has 0 saturated heterocycles. The molecule has 1 aromatic rings. The van der Waals surface area contributed by atoms with Crippen molar-refractivity contribution < 1.29 is 5.11 Å². The van der Waals surface area contributed by atoms with E-state index in [1.54, 1.807) is 19.3 Å². The second kappa shape index (κ2) is 4.91. The molecule has 4 heteroatoms. The fraction of sp³-hybridized carbons (Fsp3) is 0.600. The minimum atomic E-state index is -0.378. The minimum Gasteiger partial charge on any atom is -0.392 e. The average Bonchev–Trinajstić information content (AvgIpc) is 2.15. The molecule has 0 aliphatic carbocycles. The summed E-state index contributed by atoms with van der Waals surface area (Å²) in [5.41, 5.74) is 0.938. The van der Waals surface area contributed by atoms with Crippen LogP contribution in [0.3, 0.4) is 0 Å². The molecule has 2 N–H and O–H groups in total. The Labute approximate surface area is 84.4 Å². The molecule has 14 heavy (non-hydrogen) atoms. The Morgan fingerprint density at radius 3 is 2.50 bits per heavy atom. The van der Waals surface area contributed by atoms with Gasteiger partial charge in [0.25, 0.3) is 0 Å². The number of anilines is 1. The van der Waals surface area contributed by atoms with Gasteiger partial charge in [-0.05, 0) is 12.8 Å². The molecule has 0 fully saturated rings. The van der Waals surface area contributed by atoms with Crippen LogP contribution in [0.4, 0.5) is 5.82 Å². The number of hydrogen-bond donors (Lipinski definition) is 2. The summed E-state index contributed by atoms with van der Waals surface area (Å²) in [7, 11) is 0. The number of nitrogens with one attached hydrogen (secondary N) is 1. The van der Waals surface area contributed by atoms with E-state index >= 15 is 0 Å². The predicted molar refractivity (Wildman–Crippen MR) is 56.3 cm³/mol. The highest BCUT2D eigenvalue weighted by Crippen LogP contribution is 2.18. The van der Waals surface area contributed by atoms with E-state index in [0.717, 1.165) is 11.5 Å². The first-order valence-corrected chi connectivity index (χ1v) is 4.84. The van der Waals surface area contributed by atoms with Gasteiger partial charge in [0.05, 0.1) is 11.8 Å². The highest BCUT2D eigenvalue weighted by Gasteiger charge is 2.08. The summed E-state index contributed by atoms with van der Waals surface area (Å²) in [6.45, 7) is 6.37. The van der Waals surface area contributed by atoms with Crippen molar-refractivity contribution >= 4 is 5.82 Å². The number of hydrogen-bond acceptors (Lipinski definition) is 4. The predicted octanol–water partition coefficient (Wildman–Crippen LogP) is 1.39. The van der Waals surface area contributed by atoms with Crippen molar-refractivity contribution in [3.63, 3.8) is 0 Å². The van der Waals surface area contributed by atoms with Crippen LogP contribution in [0.25, 0.3) is 0 Å². The summed E-state index contributed by atoms with van der Waals surface area (Å²) >= 11 is 0. The molecule has 78 valence electrons. The van der Waals surface area contributed by atoms with Gasteiger partial charge in [0, 0.05) is 18.9 Å². The topological polar surface area (TPSA) is 58.0 Å². The third kappa shape index (κ3) is 2.96.